The Morgan fingerprint density at radius 3 is 2.50 bits per heavy atom. The SMILES string of the molecule is CSc1ccc(/C=C/C(=O)NC(C)(C)CO)cc1. The molecule has 0 radical (unpaired) electrons. The Labute approximate surface area is 112 Å². The van der Waals surface area contributed by atoms with Gasteiger partial charge in [-0.3, -0.25) is 4.79 Å². The zero-order chi connectivity index (χ0) is 13.6. The molecule has 1 aromatic rings. The van der Waals surface area contributed by atoms with Crippen LogP contribution >= 0.6 is 11.8 Å². The highest BCUT2D eigenvalue weighted by molar-refractivity contribution is 7.98. The van der Waals surface area contributed by atoms with Crippen molar-refractivity contribution in [3.8, 4) is 0 Å². The van der Waals surface area contributed by atoms with Crippen molar-refractivity contribution in [3.63, 3.8) is 0 Å². The molecule has 2 N–H and O–H groups in total. The van der Waals surface area contributed by atoms with Crippen LogP contribution in [0.3, 0.4) is 0 Å². The van der Waals surface area contributed by atoms with Crippen LogP contribution in [0.25, 0.3) is 6.08 Å². The van der Waals surface area contributed by atoms with Crippen LogP contribution in [0, 0.1) is 0 Å². The Bertz CT molecular complexity index is 424. The molecule has 0 spiro atoms. The second kappa shape index (κ2) is 6.61. The standard InChI is InChI=1S/C14H19NO2S/c1-14(2,10-16)15-13(17)9-6-11-4-7-12(18-3)8-5-11/h4-9,16H,10H2,1-3H3,(H,15,17)/b9-6+. The Balaban J connectivity index is 2.60. The number of amides is 1. The molecule has 4 heteroatoms. The van der Waals surface area contributed by atoms with Crippen molar-refractivity contribution in [1.82, 2.24) is 5.32 Å². The van der Waals surface area contributed by atoms with Crippen LogP contribution in [-0.2, 0) is 4.79 Å². The average Bonchev–Trinajstić information content (AvgIpc) is 2.36. The van der Waals surface area contributed by atoms with E-state index in [1.165, 1.54) is 11.0 Å². The van der Waals surface area contributed by atoms with Gasteiger partial charge in [0.1, 0.15) is 0 Å². The zero-order valence-electron chi connectivity index (χ0n) is 10.9. The predicted octanol–water partition coefficient (Wildman–Crippen LogP) is 2.31. The van der Waals surface area contributed by atoms with Crippen molar-refractivity contribution >= 4 is 23.7 Å². The highest BCUT2D eigenvalue weighted by Gasteiger charge is 2.17. The van der Waals surface area contributed by atoms with Crippen LogP contribution in [0.5, 0.6) is 0 Å². The van der Waals surface area contributed by atoms with E-state index in [2.05, 4.69) is 5.32 Å². The van der Waals surface area contributed by atoms with Gasteiger partial charge in [-0.05, 0) is 43.9 Å². The summed E-state index contributed by atoms with van der Waals surface area (Å²) in [6.07, 6.45) is 5.26. The van der Waals surface area contributed by atoms with Crippen molar-refractivity contribution in [1.29, 1.82) is 0 Å². The Morgan fingerprint density at radius 2 is 2.00 bits per heavy atom. The summed E-state index contributed by atoms with van der Waals surface area (Å²) in [7, 11) is 0. The number of rotatable bonds is 5. The Morgan fingerprint density at radius 1 is 1.39 bits per heavy atom. The molecule has 18 heavy (non-hydrogen) atoms. The van der Waals surface area contributed by atoms with Gasteiger partial charge in [0.25, 0.3) is 0 Å². The van der Waals surface area contributed by atoms with Gasteiger partial charge in [-0.1, -0.05) is 12.1 Å². The zero-order valence-corrected chi connectivity index (χ0v) is 11.8. The van der Waals surface area contributed by atoms with Crippen LogP contribution < -0.4 is 5.32 Å². The predicted molar refractivity (Wildman–Crippen MR) is 76.6 cm³/mol. The van der Waals surface area contributed by atoms with Crippen LogP contribution in [0.2, 0.25) is 0 Å². The number of thioether (sulfide) groups is 1. The fraction of sp³-hybridized carbons (Fsp3) is 0.357. The van der Waals surface area contributed by atoms with Gasteiger partial charge < -0.3 is 10.4 Å². The van der Waals surface area contributed by atoms with Crippen molar-refractivity contribution < 1.29 is 9.90 Å². The van der Waals surface area contributed by atoms with Crippen LogP contribution in [0.15, 0.2) is 35.2 Å². The molecule has 0 atom stereocenters. The van der Waals surface area contributed by atoms with Gasteiger partial charge >= 0.3 is 0 Å². The first-order valence-electron chi connectivity index (χ1n) is 5.72. The minimum atomic E-state index is -0.593. The molecule has 0 heterocycles. The van der Waals surface area contributed by atoms with E-state index < -0.39 is 5.54 Å². The average molecular weight is 265 g/mol. The van der Waals surface area contributed by atoms with E-state index in [0.29, 0.717) is 0 Å². The van der Waals surface area contributed by atoms with Crippen LogP contribution in [-0.4, -0.2) is 29.4 Å². The lowest BCUT2D eigenvalue weighted by Crippen LogP contribution is -2.45. The third-order valence-corrected chi connectivity index (χ3v) is 3.14. The molecule has 1 aromatic carbocycles. The Kier molecular flexibility index (Phi) is 5.44. The van der Waals surface area contributed by atoms with E-state index in [4.69, 9.17) is 5.11 Å². The normalized spacial score (nSPS) is 11.8. The van der Waals surface area contributed by atoms with Crippen molar-refractivity contribution in [2.24, 2.45) is 0 Å². The van der Waals surface area contributed by atoms with Gasteiger partial charge in [0.2, 0.25) is 5.91 Å². The van der Waals surface area contributed by atoms with E-state index >= 15 is 0 Å². The number of hydrogen-bond acceptors (Lipinski definition) is 3. The van der Waals surface area contributed by atoms with Crippen molar-refractivity contribution in [3.05, 3.63) is 35.9 Å². The number of hydrogen-bond donors (Lipinski definition) is 2. The molecule has 3 nitrogen and oxygen atoms in total. The van der Waals surface area contributed by atoms with Gasteiger partial charge in [0.15, 0.2) is 0 Å². The van der Waals surface area contributed by atoms with E-state index in [0.717, 1.165) is 5.56 Å². The first-order valence-corrected chi connectivity index (χ1v) is 6.94. The summed E-state index contributed by atoms with van der Waals surface area (Å²) in [6.45, 7) is 3.45. The topological polar surface area (TPSA) is 49.3 Å². The summed E-state index contributed by atoms with van der Waals surface area (Å²) in [6, 6.07) is 7.96. The maximum absolute atomic E-state index is 11.6. The molecule has 0 fully saturated rings. The second-order valence-corrected chi connectivity index (χ2v) is 5.52. The van der Waals surface area contributed by atoms with Gasteiger partial charge in [0.05, 0.1) is 12.1 Å². The molecule has 0 unspecified atom stereocenters. The van der Waals surface area contributed by atoms with Crippen molar-refractivity contribution in [2.45, 2.75) is 24.3 Å². The number of aliphatic hydroxyl groups excluding tert-OH is 1. The molecule has 0 saturated carbocycles. The summed E-state index contributed by atoms with van der Waals surface area (Å²) in [5.41, 5.74) is 0.384. The quantitative estimate of drug-likeness (QED) is 0.634. The molecular formula is C14H19NO2S. The van der Waals surface area contributed by atoms with Crippen LogP contribution in [0.4, 0.5) is 0 Å². The number of benzene rings is 1. The third kappa shape index (κ3) is 4.94. The lowest BCUT2D eigenvalue weighted by Gasteiger charge is -2.22. The largest absolute Gasteiger partial charge is 0.394 e. The number of carbonyl (C=O) groups is 1. The van der Waals surface area contributed by atoms with Crippen LogP contribution in [0.1, 0.15) is 19.4 Å². The molecule has 0 aromatic heterocycles. The monoisotopic (exact) mass is 265 g/mol. The molecule has 1 amide bonds. The van der Waals surface area contributed by atoms with Crippen molar-refractivity contribution in [2.75, 3.05) is 12.9 Å². The molecule has 0 saturated heterocycles. The summed E-state index contributed by atoms with van der Waals surface area (Å²) >= 11 is 1.68. The molecule has 0 aliphatic carbocycles. The van der Waals surface area contributed by atoms with E-state index in [-0.39, 0.29) is 12.5 Å². The lowest BCUT2D eigenvalue weighted by atomic mass is 10.1. The summed E-state index contributed by atoms with van der Waals surface area (Å²) < 4.78 is 0. The fourth-order valence-electron chi connectivity index (χ4n) is 1.30. The third-order valence-electron chi connectivity index (χ3n) is 2.40. The summed E-state index contributed by atoms with van der Waals surface area (Å²) in [5.74, 6) is -0.206. The minimum Gasteiger partial charge on any atom is -0.394 e. The van der Waals surface area contributed by atoms with Gasteiger partial charge in [0, 0.05) is 11.0 Å². The highest BCUT2D eigenvalue weighted by atomic mass is 32.2. The number of aliphatic hydroxyl groups is 1. The molecular weight excluding hydrogens is 246 g/mol. The maximum atomic E-state index is 11.6. The highest BCUT2D eigenvalue weighted by Crippen LogP contribution is 2.15. The molecule has 0 aliphatic heterocycles. The number of nitrogens with one attached hydrogen (secondary N) is 1. The first-order chi connectivity index (χ1) is 8.46. The Hall–Kier alpha value is -1.26. The first kappa shape index (κ1) is 14.8. The molecule has 0 bridgehead atoms. The fourth-order valence-corrected chi connectivity index (χ4v) is 1.71. The van der Waals surface area contributed by atoms with Gasteiger partial charge in [-0.25, -0.2) is 0 Å². The lowest BCUT2D eigenvalue weighted by molar-refractivity contribution is -0.118. The minimum absolute atomic E-state index is 0.0883. The summed E-state index contributed by atoms with van der Waals surface area (Å²) in [5, 5.41) is 11.8. The molecule has 0 aliphatic rings. The molecule has 98 valence electrons. The number of carbonyl (C=O) groups excluding carboxylic acids is 1. The summed E-state index contributed by atoms with van der Waals surface area (Å²) in [4.78, 5) is 12.8. The molecule has 1 rings (SSSR count). The van der Waals surface area contributed by atoms with E-state index in [1.807, 2.05) is 30.5 Å². The van der Waals surface area contributed by atoms with Gasteiger partial charge in [-0.15, -0.1) is 11.8 Å². The second-order valence-electron chi connectivity index (χ2n) is 4.64. The smallest absolute Gasteiger partial charge is 0.244 e. The van der Waals surface area contributed by atoms with Gasteiger partial charge in [-0.2, -0.15) is 0 Å². The maximum Gasteiger partial charge on any atom is 0.244 e. The van der Waals surface area contributed by atoms with E-state index in [1.54, 1.807) is 31.7 Å². The van der Waals surface area contributed by atoms with E-state index in [9.17, 15) is 4.79 Å².